The van der Waals surface area contributed by atoms with Gasteiger partial charge >= 0.3 is 12.0 Å². The summed E-state index contributed by atoms with van der Waals surface area (Å²) in [6.45, 7) is 0. The van der Waals surface area contributed by atoms with Crippen molar-refractivity contribution in [3.63, 3.8) is 0 Å². The predicted octanol–water partition coefficient (Wildman–Crippen LogP) is 1.82. The Hall–Kier alpha value is -2.82. The fraction of sp³-hybridized carbons (Fsp3) is 0.263. The molecule has 0 bridgehead atoms. The van der Waals surface area contributed by atoms with Crippen molar-refractivity contribution in [1.82, 2.24) is 10.6 Å². The van der Waals surface area contributed by atoms with Crippen molar-refractivity contribution in [2.24, 2.45) is 0 Å². The molecule has 0 spiro atoms. The monoisotopic (exact) mass is 322 g/mol. The van der Waals surface area contributed by atoms with Crippen molar-refractivity contribution in [2.45, 2.75) is 30.5 Å². The van der Waals surface area contributed by atoms with Crippen LogP contribution >= 0.6 is 0 Å². The van der Waals surface area contributed by atoms with Gasteiger partial charge in [0.2, 0.25) is 0 Å². The van der Waals surface area contributed by atoms with E-state index in [0.29, 0.717) is 12.8 Å². The topological polar surface area (TPSA) is 67.4 Å². The van der Waals surface area contributed by atoms with Crippen LogP contribution in [-0.2, 0) is 22.4 Å². The van der Waals surface area contributed by atoms with E-state index in [9.17, 15) is 9.59 Å². The maximum atomic E-state index is 12.3. The molecule has 2 unspecified atom stereocenters. The highest BCUT2D eigenvalue weighted by molar-refractivity contribution is 5.91. The van der Waals surface area contributed by atoms with Crippen molar-refractivity contribution in [1.29, 1.82) is 0 Å². The predicted molar refractivity (Wildman–Crippen MR) is 88.4 cm³/mol. The average molecular weight is 322 g/mol. The molecule has 0 saturated carbocycles. The molecule has 2 heterocycles. The van der Waals surface area contributed by atoms with Crippen molar-refractivity contribution in [2.75, 3.05) is 0 Å². The number of nitrogens with one attached hydrogen (secondary N) is 2. The van der Waals surface area contributed by atoms with Crippen LogP contribution in [0, 0.1) is 0 Å². The summed E-state index contributed by atoms with van der Waals surface area (Å²) in [5.74, 6) is -0.370. The van der Waals surface area contributed by atoms with Crippen LogP contribution in [0.3, 0.4) is 0 Å². The molecule has 122 valence electrons. The summed E-state index contributed by atoms with van der Waals surface area (Å²) >= 11 is 0. The van der Waals surface area contributed by atoms with Gasteiger partial charge in [0.05, 0.1) is 0 Å². The molecule has 2 aromatic rings. The lowest BCUT2D eigenvalue weighted by atomic mass is 9.81. The minimum atomic E-state index is -0.788. The van der Waals surface area contributed by atoms with E-state index in [1.807, 2.05) is 60.7 Å². The van der Waals surface area contributed by atoms with Gasteiger partial charge in [0.1, 0.15) is 11.6 Å². The number of cyclic esters (lactones) is 1. The molecule has 0 aromatic heterocycles. The van der Waals surface area contributed by atoms with Crippen LogP contribution in [0.15, 0.2) is 60.7 Å². The molecule has 24 heavy (non-hydrogen) atoms. The van der Waals surface area contributed by atoms with E-state index < -0.39 is 11.6 Å². The van der Waals surface area contributed by atoms with Crippen LogP contribution in [-0.4, -0.2) is 29.7 Å². The van der Waals surface area contributed by atoms with E-state index >= 15 is 0 Å². The molecule has 2 atom stereocenters. The summed E-state index contributed by atoms with van der Waals surface area (Å²) in [4.78, 5) is 24.1. The number of benzene rings is 2. The number of amides is 2. The highest BCUT2D eigenvalue weighted by atomic mass is 16.6. The Morgan fingerprint density at radius 2 is 1.38 bits per heavy atom. The number of carbonyl (C=O) groups excluding carboxylic acids is 2. The van der Waals surface area contributed by atoms with Gasteiger partial charge in [0, 0.05) is 12.8 Å². The molecule has 2 aliphatic heterocycles. The zero-order chi connectivity index (χ0) is 16.6. The van der Waals surface area contributed by atoms with E-state index in [2.05, 4.69) is 10.6 Å². The molecule has 2 fully saturated rings. The Bertz CT molecular complexity index is 719. The Morgan fingerprint density at radius 3 is 1.92 bits per heavy atom. The van der Waals surface area contributed by atoms with Crippen LogP contribution in [0.4, 0.5) is 4.79 Å². The summed E-state index contributed by atoms with van der Waals surface area (Å²) < 4.78 is 5.86. The molecule has 2 aliphatic rings. The number of rotatable bonds is 4. The zero-order valence-corrected chi connectivity index (χ0v) is 13.1. The Labute approximate surface area is 140 Å². The Kier molecular flexibility index (Phi) is 3.49. The zero-order valence-electron chi connectivity index (χ0n) is 13.1. The normalized spacial score (nSPS) is 24.0. The van der Waals surface area contributed by atoms with Crippen LogP contribution in [0.2, 0.25) is 0 Å². The van der Waals surface area contributed by atoms with E-state index in [4.69, 9.17) is 4.74 Å². The second-order valence-corrected chi connectivity index (χ2v) is 6.38. The minimum absolute atomic E-state index is 0.313. The lowest BCUT2D eigenvalue weighted by Crippen LogP contribution is -2.52. The van der Waals surface area contributed by atoms with Crippen molar-refractivity contribution in [3.05, 3.63) is 71.8 Å². The molecule has 2 N–H and O–H groups in total. The molecular formula is C19H18N2O3. The third-order valence-electron chi connectivity index (χ3n) is 4.72. The second kappa shape index (κ2) is 5.67. The highest BCUT2D eigenvalue weighted by Gasteiger charge is 2.59. The number of hydrogen-bond acceptors (Lipinski definition) is 3. The first-order valence-corrected chi connectivity index (χ1v) is 8.04. The van der Waals surface area contributed by atoms with E-state index in [1.165, 1.54) is 0 Å². The van der Waals surface area contributed by atoms with Gasteiger partial charge in [0.15, 0.2) is 6.04 Å². The summed E-state index contributed by atoms with van der Waals surface area (Å²) in [7, 11) is 0. The molecule has 5 heteroatoms. The molecule has 0 radical (unpaired) electrons. The van der Waals surface area contributed by atoms with Crippen LogP contribution < -0.4 is 10.6 Å². The van der Waals surface area contributed by atoms with Gasteiger partial charge in [-0.05, 0) is 11.1 Å². The van der Waals surface area contributed by atoms with E-state index in [1.54, 1.807) is 0 Å². The quantitative estimate of drug-likeness (QED) is 0.844. The van der Waals surface area contributed by atoms with Crippen LogP contribution in [0.25, 0.3) is 0 Å². The summed E-state index contributed by atoms with van der Waals surface area (Å²) in [5, 5.41) is 5.55. The summed E-state index contributed by atoms with van der Waals surface area (Å²) in [6.07, 6.45) is 1.11. The van der Waals surface area contributed by atoms with Crippen molar-refractivity contribution >= 4 is 12.0 Å². The fourth-order valence-electron chi connectivity index (χ4n) is 3.69. The number of ether oxygens (including phenoxy) is 1. The van der Waals surface area contributed by atoms with Gasteiger partial charge in [-0.15, -0.1) is 0 Å². The average Bonchev–Trinajstić information content (AvgIpc) is 3.08. The fourth-order valence-corrected chi connectivity index (χ4v) is 3.69. The molecule has 4 rings (SSSR count). The largest absolute Gasteiger partial charge is 0.454 e. The Morgan fingerprint density at radius 1 is 0.833 bits per heavy atom. The van der Waals surface area contributed by atoms with E-state index in [-0.39, 0.29) is 18.0 Å². The first kappa shape index (κ1) is 14.8. The second-order valence-electron chi connectivity index (χ2n) is 6.38. The van der Waals surface area contributed by atoms with Crippen molar-refractivity contribution in [3.8, 4) is 0 Å². The SMILES string of the molecule is O=C1NC2C(=O)OC(Cc3ccccc3)(Cc3ccccc3)C2N1. The molecule has 0 aliphatic carbocycles. The maximum absolute atomic E-state index is 12.3. The molecule has 5 nitrogen and oxygen atoms in total. The smallest absolute Gasteiger partial charge is 0.331 e. The molecular weight excluding hydrogens is 304 g/mol. The number of esters is 1. The first-order valence-electron chi connectivity index (χ1n) is 8.04. The van der Waals surface area contributed by atoms with Gasteiger partial charge in [0.25, 0.3) is 0 Å². The van der Waals surface area contributed by atoms with Crippen LogP contribution in [0.5, 0.6) is 0 Å². The molecule has 2 saturated heterocycles. The number of urea groups is 1. The van der Waals surface area contributed by atoms with Gasteiger partial charge in [-0.2, -0.15) is 0 Å². The van der Waals surface area contributed by atoms with Gasteiger partial charge < -0.3 is 15.4 Å². The van der Waals surface area contributed by atoms with Crippen molar-refractivity contribution < 1.29 is 14.3 Å². The van der Waals surface area contributed by atoms with Gasteiger partial charge in [-0.25, -0.2) is 9.59 Å². The van der Waals surface area contributed by atoms with Crippen LogP contribution in [0.1, 0.15) is 11.1 Å². The third kappa shape index (κ3) is 2.52. The van der Waals surface area contributed by atoms with Gasteiger partial charge in [-0.3, -0.25) is 0 Å². The number of fused-ring (bicyclic) bond motifs is 1. The number of carbonyl (C=O) groups is 2. The molecule has 2 aromatic carbocycles. The Balaban J connectivity index is 1.72. The highest BCUT2D eigenvalue weighted by Crippen LogP contribution is 2.36. The molecule has 2 amide bonds. The number of hydrogen-bond donors (Lipinski definition) is 2. The minimum Gasteiger partial charge on any atom is -0.454 e. The lowest BCUT2D eigenvalue weighted by molar-refractivity contribution is -0.150. The third-order valence-corrected chi connectivity index (χ3v) is 4.72. The van der Waals surface area contributed by atoms with Gasteiger partial charge in [-0.1, -0.05) is 60.7 Å². The maximum Gasteiger partial charge on any atom is 0.331 e. The van der Waals surface area contributed by atoms with E-state index in [0.717, 1.165) is 11.1 Å². The first-order chi connectivity index (χ1) is 11.7. The lowest BCUT2D eigenvalue weighted by Gasteiger charge is -2.33. The summed E-state index contributed by atoms with van der Waals surface area (Å²) in [5.41, 5.74) is 1.36. The summed E-state index contributed by atoms with van der Waals surface area (Å²) in [6, 6.07) is 18.5. The standard InChI is InChI=1S/C19H18N2O3/c22-17-15-16(21-18(23)20-15)19(24-17,11-13-7-3-1-4-8-13)12-14-9-5-2-6-10-14/h1-10,15-16H,11-12H2,(H2,20,21,23).